The molecule has 1 saturated heterocycles. The molecule has 5 heteroatoms. The van der Waals surface area contributed by atoms with Gasteiger partial charge < -0.3 is 14.7 Å². The second-order valence-corrected chi connectivity index (χ2v) is 6.86. The Balaban J connectivity index is 1.88. The molecule has 1 unspecified atom stereocenters. The maximum atomic E-state index is 12.0. The summed E-state index contributed by atoms with van der Waals surface area (Å²) >= 11 is 0. The summed E-state index contributed by atoms with van der Waals surface area (Å²) in [5, 5.41) is 9.46. The Bertz CT molecular complexity index is 347. The van der Waals surface area contributed by atoms with Crippen LogP contribution in [0, 0.1) is 0 Å². The first-order valence-corrected chi connectivity index (χ1v) is 7.09. The molecule has 1 atom stereocenters. The summed E-state index contributed by atoms with van der Waals surface area (Å²) in [6, 6.07) is 0.193. The first-order chi connectivity index (χ1) is 8.77. The van der Waals surface area contributed by atoms with E-state index in [2.05, 4.69) is 4.90 Å². The van der Waals surface area contributed by atoms with Gasteiger partial charge in [0.15, 0.2) is 0 Å². The molecular formula is C14H26N2O3. The average molecular weight is 270 g/mol. The second kappa shape index (κ2) is 4.94. The third kappa shape index (κ3) is 3.20. The van der Waals surface area contributed by atoms with Crippen LogP contribution in [0.25, 0.3) is 0 Å². The summed E-state index contributed by atoms with van der Waals surface area (Å²) in [6.45, 7) is 7.67. The molecule has 2 rings (SSSR count). The Kier molecular flexibility index (Phi) is 3.80. The van der Waals surface area contributed by atoms with E-state index >= 15 is 0 Å². The molecule has 1 heterocycles. The molecule has 1 aliphatic heterocycles. The van der Waals surface area contributed by atoms with Crippen LogP contribution >= 0.6 is 0 Å². The number of hydrogen-bond donors (Lipinski definition) is 1. The van der Waals surface area contributed by atoms with Gasteiger partial charge in [-0.1, -0.05) is 0 Å². The number of likely N-dealkylation sites (N-methyl/N-ethyl adjacent to an activating group) is 1. The van der Waals surface area contributed by atoms with Crippen molar-refractivity contribution in [3.8, 4) is 0 Å². The highest BCUT2D eigenvalue weighted by Gasteiger charge is 2.50. The molecule has 2 fully saturated rings. The van der Waals surface area contributed by atoms with E-state index in [0.717, 1.165) is 32.4 Å². The number of aliphatic hydroxyl groups is 1. The number of amides is 1. The maximum Gasteiger partial charge on any atom is 0.410 e. The van der Waals surface area contributed by atoms with Crippen LogP contribution < -0.4 is 0 Å². The van der Waals surface area contributed by atoms with E-state index in [9.17, 15) is 9.90 Å². The van der Waals surface area contributed by atoms with E-state index in [1.54, 1.807) is 11.9 Å². The molecule has 0 spiro atoms. The van der Waals surface area contributed by atoms with Crippen molar-refractivity contribution < 1.29 is 14.6 Å². The number of likely N-dealkylation sites (tertiary alicyclic amines) is 1. The summed E-state index contributed by atoms with van der Waals surface area (Å²) in [5.74, 6) is 0. The Morgan fingerprint density at radius 2 is 2.11 bits per heavy atom. The summed E-state index contributed by atoms with van der Waals surface area (Å²) in [4.78, 5) is 16.1. The van der Waals surface area contributed by atoms with Crippen LogP contribution in [-0.2, 0) is 4.74 Å². The fraction of sp³-hybridized carbons (Fsp3) is 0.929. The summed E-state index contributed by atoms with van der Waals surface area (Å²) in [6.07, 6.45) is 2.85. The number of rotatable bonds is 3. The molecule has 110 valence electrons. The molecule has 0 aromatic carbocycles. The molecule has 0 aromatic rings. The van der Waals surface area contributed by atoms with Gasteiger partial charge in [0.2, 0.25) is 0 Å². The lowest BCUT2D eigenvalue weighted by atomic mass is 10.2. The van der Waals surface area contributed by atoms with E-state index < -0.39 is 5.60 Å². The predicted octanol–water partition coefficient (Wildman–Crippen LogP) is 1.45. The first kappa shape index (κ1) is 14.6. The quantitative estimate of drug-likeness (QED) is 0.843. The lowest BCUT2D eigenvalue weighted by Crippen LogP contribution is -2.44. The number of carbonyl (C=O) groups is 1. The van der Waals surface area contributed by atoms with E-state index in [1.807, 2.05) is 20.8 Å². The Morgan fingerprint density at radius 3 is 2.58 bits per heavy atom. The smallest absolute Gasteiger partial charge is 0.410 e. The number of hydrogen-bond acceptors (Lipinski definition) is 4. The number of carbonyl (C=O) groups excluding carboxylic acids is 1. The molecule has 2 aliphatic rings. The van der Waals surface area contributed by atoms with Gasteiger partial charge in [-0.25, -0.2) is 4.79 Å². The van der Waals surface area contributed by atoms with Crippen molar-refractivity contribution in [2.45, 2.75) is 57.2 Å². The van der Waals surface area contributed by atoms with Crippen LogP contribution in [0.1, 0.15) is 40.0 Å². The van der Waals surface area contributed by atoms with Crippen LogP contribution in [-0.4, -0.2) is 64.9 Å². The highest BCUT2D eigenvalue weighted by molar-refractivity contribution is 5.68. The third-order valence-corrected chi connectivity index (χ3v) is 4.18. The van der Waals surface area contributed by atoms with Crippen LogP contribution in [0.4, 0.5) is 4.79 Å². The molecule has 0 aromatic heterocycles. The molecule has 19 heavy (non-hydrogen) atoms. The minimum absolute atomic E-state index is 0.0174. The van der Waals surface area contributed by atoms with Crippen molar-refractivity contribution in [1.82, 2.24) is 9.80 Å². The van der Waals surface area contributed by atoms with Crippen molar-refractivity contribution in [1.29, 1.82) is 0 Å². The lowest BCUT2D eigenvalue weighted by molar-refractivity contribution is 0.0218. The zero-order valence-electron chi connectivity index (χ0n) is 12.5. The summed E-state index contributed by atoms with van der Waals surface area (Å²) in [7, 11) is 1.81. The maximum absolute atomic E-state index is 12.0. The average Bonchev–Trinajstić information content (AvgIpc) is 2.96. The van der Waals surface area contributed by atoms with Crippen LogP contribution in [0.2, 0.25) is 0 Å². The largest absolute Gasteiger partial charge is 0.444 e. The van der Waals surface area contributed by atoms with Crippen molar-refractivity contribution >= 4 is 6.09 Å². The molecule has 1 N–H and O–H groups in total. The van der Waals surface area contributed by atoms with Crippen LogP contribution in [0.3, 0.4) is 0 Å². The molecule has 0 radical (unpaired) electrons. The van der Waals surface area contributed by atoms with E-state index in [-0.39, 0.29) is 24.3 Å². The van der Waals surface area contributed by atoms with Gasteiger partial charge in [-0.15, -0.1) is 0 Å². The van der Waals surface area contributed by atoms with Crippen molar-refractivity contribution in [2.24, 2.45) is 0 Å². The normalized spacial score (nSPS) is 26.3. The minimum Gasteiger partial charge on any atom is -0.444 e. The number of aliphatic hydroxyl groups excluding tert-OH is 1. The summed E-state index contributed by atoms with van der Waals surface area (Å²) < 4.78 is 5.39. The molecule has 0 bridgehead atoms. The topological polar surface area (TPSA) is 53.0 Å². The van der Waals surface area contributed by atoms with Crippen LogP contribution in [0.5, 0.6) is 0 Å². The first-order valence-electron chi connectivity index (χ1n) is 7.09. The van der Waals surface area contributed by atoms with Crippen molar-refractivity contribution in [2.75, 3.05) is 26.7 Å². The second-order valence-electron chi connectivity index (χ2n) is 6.86. The van der Waals surface area contributed by atoms with Gasteiger partial charge in [0.1, 0.15) is 5.60 Å². The molecule has 1 aliphatic carbocycles. The van der Waals surface area contributed by atoms with Gasteiger partial charge in [-0.05, 0) is 40.0 Å². The minimum atomic E-state index is -0.452. The van der Waals surface area contributed by atoms with Gasteiger partial charge in [0, 0.05) is 31.7 Å². The SMILES string of the molecule is CN(C(=O)OC(C)(C)C)C1CCN(C2(CO)CC2)C1. The van der Waals surface area contributed by atoms with E-state index in [0.29, 0.717) is 0 Å². The molecule has 1 saturated carbocycles. The van der Waals surface area contributed by atoms with Gasteiger partial charge in [0.05, 0.1) is 6.61 Å². The molecular weight excluding hydrogens is 244 g/mol. The third-order valence-electron chi connectivity index (χ3n) is 4.18. The van der Waals surface area contributed by atoms with Crippen LogP contribution in [0.15, 0.2) is 0 Å². The zero-order chi connectivity index (χ0) is 14.3. The lowest BCUT2D eigenvalue weighted by Gasteiger charge is -2.30. The van der Waals surface area contributed by atoms with E-state index in [4.69, 9.17) is 4.74 Å². The fourth-order valence-electron chi connectivity index (χ4n) is 2.69. The van der Waals surface area contributed by atoms with Gasteiger partial charge in [-0.2, -0.15) is 0 Å². The van der Waals surface area contributed by atoms with Gasteiger partial charge in [-0.3, -0.25) is 4.90 Å². The Hall–Kier alpha value is -0.810. The number of nitrogens with zero attached hydrogens (tertiary/aromatic N) is 2. The summed E-state index contributed by atoms with van der Waals surface area (Å²) in [5.41, 5.74) is -0.435. The van der Waals surface area contributed by atoms with Crippen molar-refractivity contribution in [3.63, 3.8) is 0 Å². The van der Waals surface area contributed by atoms with Crippen molar-refractivity contribution in [3.05, 3.63) is 0 Å². The Morgan fingerprint density at radius 1 is 1.47 bits per heavy atom. The monoisotopic (exact) mass is 270 g/mol. The highest BCUT2D eigenvalue weighted by atomic mass is 16.6. The fourth-order valence-corrected chi connectivity index (χ4v) is 2.69. The predicted molar refractivity (Wildman–Crippen MR) is 73.0 cm³/mol. The molecule has 1 amide bonds. The standard InChI is InChI=1S/C14H26N2O3/c1-13(2,3)19-12(18)15(4)11-5-8-16(9-11)14(10-17)6-7-14/h11,17H,5-10H2,1-4H3. The van der Waals surface area contributed by atoms with E-state index in [1.165, 1.54) is 0 Å². The van der Waals surface area contributed by atoms with Gasteiger partial charge >= 0.3 is 6.09 Å². The highest BCUT2D eigenvalue weighted by Crippen LogP contribution is 2.43. The Labute approximate surface area is 115 Å². The van der Waals surface area contributed by atoms with Gasteiger partial charge in [0.25, 0.3) is 0 Å². The molecule has 5 nitrogen and oxygen atoms in total. The zero-order valence-corrected chi connectivity index (χ0v) is 12.5. The number of ether oxygens (including phenoxy) is 1.